The van der Waals surface area contributed by atoms with Crippen molar-refractivity contribution >= 4 is 5.97 Å². The molecule has 0 heterocycles. The Morgan fingerprint density at radius 1 is 0.451 bits per heavy atom. The molecule has 0 bridgehead atoms. The lowest BCUT2D eigenvalue weighted by molar-refractivity contribution is -0.154. The number of esters is 1. The minimum Gasteiger partial charge on any atom is -0.457 e. The van der Waals surface area contributed by atoms with Crippen LogP contribution in [0.15, 0.2) is 12.2 Å². The largest absolute Gasteiger partial charge is 0.457 e. The van der Waals surface area contributed by atoms with Crippen LogP contribution in [0.3, 0.4) is 0 Å². The van der Waals surface area contributed by atoms with Crippen molar-refractivity contribution in [3.05, 3.63) is 12.2 Å². The highest BCUT2D eigenvalue weighted by molar-refractivity contribution is 5.69. The summed E-state index contributed by atoms with van der Waals surface area (Å²) in [5, 5.41) is 9.62. The first-order valence-electron chi connectivity index (χ1n) is 23.3. The Kier molecular flexibility index (Phi) is 44.5. The summed E-state index contributed by atoms with van der Waals surface area (Å²) in [5.41, 5.74) is 0. The number of allylic oxidation sites excluding steroid dienone is 2. The number of hydrogen-bond acceptors (Lipinski definition) is 4. The Balaban J connectivity index is 3.36. The number of rotatable bonds is 44. The van der Waals surface area contributed by atoms with E-state index in [9.17, 15) is 9.90 Å². The quantitative estimate of drug-likeness (QED) is 0.0387. The van der Waals surface area contributed by atoms with E-state index in [1.165, 1.54) is 218 Å². The minimum atomic E-state index is -0.528. The van der Waals surface area contributed by atoms with E-state index in [4.69, 9.17) is 9.47 Å². The Morgan fingerprint density at radius 2 is 0.765 bits per heavy atom. The third-order valence-electron chi connectivity index (χ3n) is 10.6. The van der Waals surface area contributed by atoms with Crippen molar-refractivity contribution in [1.29, 1.82) is 0 Å². The molecule has 1 atom stereocenters. The number of carbonyl (C=O) groups excluding carboxylic acids is 1. The summed E-state index contributed by atoms with van der Waals surface area (Å²) in [6.45, 7) is 5.40. The van der Waals surface area contributed by atoms with Crippen LogP contribution in [0, 0.1) is 0 Å². The topological polar surface area (TPSA) is 55.8 Å². The Hall–Kier alpha value is -0.870. The van der Waals surface area contributed by atoms with Gasteiger partial charge in [-0.15, -0.1) is 0 Å². The maximum Gasteiger partial charge on any atom is 0.306 e. The number of aliphatic hydroxyl groups excluding tert-OH is 1. The number of carbonyl (C=O) groups is 1. The zero-order chi connectivity index (χ0) is 37.0. The summed E-state index contributed by atoms with van der Waals surface area (Å²) in [5.74, 6) is -0.195. The van der Waals surface area contributed by atoms with Crippen molar-refractivity contribution in [2.24, 2.45) is 0 Å². The predicted octanol–water partition coefficient (Wildman–Crippen LogP) is 15.3. The number of unbranched alkanes of at least 4 members (excludes halogenated alkanes) is 34. The normalized spacial score (nSPS) is 12.3. The van der Waals surface area contributed by atoms with E-state index >= 15 is 0 Å². The summed E-state index contributed by atoms with van der Waals surface area (Å²) in [4.78, 5) is 12.2. The molecule has 0 aliphatic carbocycles. The first-order valence-corrected chi connectivity index (χ1v) is 23.3. The van der Waals surface area contributed by atoms with E-state index in [0.717, 1.165) is 19.3 Å². The number of aliphatic hydroxyl groups is 1. The lowest BCUT2D eigenvalue weighted by Gasteiger charge is -2.16. The van der Waals surface area contributed by atoms with E-state index in [1.54, 1.807) is 0 Å². The molecule has 0 aromatic rings. The summed E-state index contributed by atoms with van der Waals surface area (Å²) in [7, 11) is 0. The molecule has 4 heteroatoms. The van der Waals surface area contributed by atoms with Crippen LogP contribution in [0.2, 0.25) is 0 Å². The van der Waals surface area contributed by atoms with E-state index in [1.807, 2.05) is 0 Å². The highest BCUT2D eigenvalue weighted by Gasteiger charge is 2.13. The van der Waals surface area contributed by atoms with Crippen molar-refractivity contribution in [2.45, 2.75) is 264 Å². The van der Waals surface area contributed by atoms with Crippen molar-refractivity contribution in [1.82, 2.24) is 0 Å². The van der Waals surface area contributed by atoms with Crippen LogP contribution >= 0.6 is 0 Å². The zero-order valence-corrected chi connectivity index (χ0v) is 34.9. The predicted molar refractivity (Wildman–Crippen MR) is 224 cm³/mol. The fraction of sp³-hybridized carbons (Fsp3) is 0.936. The third-order valence-corrected chi connectivity index (χ3v) is 10.6. The second kappa shape index (κ2) is 45.3. The molecular formula is C47H92O4. The molecule has 0 aromatic heterocycles. The maximum atomic E-state index is 12.2. The molecule has 51 heavy (non-hydrogen) atoms. The van der Waals surface area contributed by atoms with Crippen LogP contribution in [0.4, 0.5) is 0 Å². The standard InChI is InChI=1S/C47H92O4/c1-3-5-7-9-11-13-15-17-19-21-22-23-24-25-26-27-28-30-32-34-36-38-40-42-47(49)51-46(44-48)45-50-43-41-39-37-35-33-31-29-20-18-16-14-12-10-8-6-4-2/h21-22,46,48H,3-20,23-45H2,1-2H3/b22-21-. The molecule has 0 saturated carbocycles. The molecule has 304 valence electrons. The molecule has 0 aliphatic heterocycles. The summed E-state index contributed by atoms with van der Waals surface area (Å²) < 4.78 is 11.2. The second-order valence-electron chi connectivity index (χ2n) is 15.8. The van der Waals surface area contributed by atoms with E-state index in [2.05, 4.69) is 26.0 Å². The van der Waals surface area contributed by atoms with Crippen LogP contribution in [0.5, 0.6) is 0 Å². The van der Waals surface area contributed by atoms with Crippen molar-refractivity contribution in [2.75, 3.05) is 19.8 Å². The molecular weight excluding hydrogens is 629 g/mol. The van der Waals surface area contributed by atoms with Crippen molar-refractivity contribution in [3.8, 4) is 0 Å². The van der Waals surface area contributed by atoms with Gasteiger partial charge in [-0.1, -0.05) is 225 Å². The smallest absolute Gasteiger partial charge is 0.306 e. The van der Waals surface area contributed by atoms with Gasteiger partial charge in [0.2, 0.25) is 0 Å². The Bertz CT molecular complexity index is 677. The average Bonchev–Trinajstić information content (AvgIpc) is 3.14. The van der Waals surface area contributed by atoms with Crippen molar-refractivity contribution < 1.29 is 19.4 Å². The minimum absolute atomic E-state index is 0.166. The van der Waals surface area contributed by atoms with Gasteiger partial charge >= 0.3 is 5.97 Å². The number of hydrogen-bond donors (Lipinski definition) is 1. The first-order chi connectivity index (χ1) is 25.2. The SMILES string of the molecule is CCCCCCCCCC/C=C\CCCCCCCCCCCCCC(=O)OC(CO)COCCCCCCCCCCCCCCCCCC. The van der Waals surface area contributed by atoms with Crippen LogP contribution in [-0.2, 0) is 14.3 Å². The second-order valence-corrected chi connectivity index (χ2v) is 15.8. The fourth-order valence-electron chi connectivity index (χ4n) is 7.09. The van der Waals surface area contributed by atoms with Gasteiger partial charge in [-0.3, -0.25) is 4.79 Å². The van der Waals surface area contributed by atoms with Crippen LogP contribution in [0.25, 0.3) is 0 Å². The van der Waals surface area contributed by atoms with Gasteiger partial charge in [0, 0.05) is 13.0 Å². The fourth-order valence-corrected chi connectivity index (χ4v) is 7.09. The van der Waals surface area contributed by atoms with Gasteiger partial charge in [0.25, 0.3) is 0 Å². The third kappa shape index (κ3) is 43.4. The van der Waals surface area contributed by atoms with Gasteiger partial charge in [0.15, 0.2) is 0 Å². The summed E-state index contributed by atoms with van der Waals surface area (Å²) in [6, 6.07) is 0. The molecule has 0 spiro atoms. The van der Waals surface area contributed by atoms with Crippen LogP contribution in [-0.4, -0.2) is 37.0 Å². The Morgan fingerprint density at radius 3 is 1.12 bits per heavy atom. The van der Waals surface area contributed by atoms with Gasteiger partial charge in [-0.2, -0.15) is 0 Å². The highest BCUT2D eigenvalue weighted by atomic mass is 16.6. The van der Waals surface area contributed by atoms with E-state index < -0.39 is 6.10 Å². The molecule has 0 aromatic carbocycles. The number of ether oxygens (including phenoxy) is 2. The van der Waals surface area contributed by atoms with Crippen LogP contribution in [0.1, 0.15) is 258 Å². The molecule has 0 amide bonds. The van der Waals surface area contributed by atoms with Gasteiger partial charge < -0.3 is 14.6 Å². The Labute approximate surface area is 320 Å². The first kappa shape index (κ1) is 50.1. The van der Waals surface area contributed by atoms with E-state index in [-0.39, 0.29) is 12.6 Å². The monoisotopic (exact) mass is 721 g/mol. The van der Waals surface area contributed by atoms with Crippen LogP contribution < -0.4 is 0 Å². The van der Waals surface area contributed by atoms with E-state index in [0.29, 0.717) is 19.6 Å². The zero-order valence-electron chi connectivity index (χ0n) is 34.9. The van der Waals surface area contributed by atoms with Crippen molar-refractivity contribution in [3.63, 3.8) is 0 Å². The lowest BCUT2D eigenvalue weighted by Crippen LogP contribution is -2.27. The average molecular weight is 721 g/mol. The van der Waals surface area contributed by atoms with Gasteiger partial charge in [0.05, 0.1) is 13.2 Å². The molecule has 0 rings (SSSR count). The molecule has 0 aliphatic rings. The highest BCUT2D eigenvalue weighted by Crippen LogP contribution is 2.16. The summed E-state index contributed by atoms with van der Waals surface area (Å²) >= 11 is 0. The van der Waals surface area contributed by atoms with Gasteiger partial charge in [0.1, 0.15) is 6.10 Å². The molecule has 0 fully saturated rings. The summed E-state index contributed by atoms with van der Waals surface area (Å²) in [6.07, 6.45) is 54.3. The lowest BCUT2D eigenvalue weighted by atomic mass is 10.0. The van der Waals surface area contributed by atoms with Gasteiger partial charge in [-0.25, -0.2) is 0 Å². The molecule has 0 radical (unpaired) electrons. The molecule has 1 N–H and O–H groups in total. The maximum absolute atomic E-state index is 12.2. The van der Waals surface area contributed by atoms with Gasteiger partial charge in [-0.05, 0) is 38.5 Å². The molecule has 0 saturated heterocycles. The molecule has 1 unspecified atom stereocenters. The molecule has 4 nitrogen and oxygen atoms in total.